The van der Waals surface area contributed by atoms with Crippen molar-refractivity contribution < 1.29 is 50.5 Å². The third-order valence-corrected chi connectivity index (χ3v) is 7.10. The van der Waals surface area contributed by atoms with Crippen LogP contribution in [-0.2, 0) is 52.2 Å². The van der Waals surface area contributed by atoms with E-state index in [-0.39, 0.29) is 18.1 Å². The van der Waals surface area contributed by atoms with Gasteiger partial charge in [0.25, 0.3) is 10.1 Å². The molecule has 0 N–H and O–H groups in total. The fourth-order valence-corrected chi connectivity index (χ4v) is 4.32. The molecule has 0 aliphatic heterocycles. The molecule has 0 unspecified atom stereocenters. The second-order valence-electron chi connectivity index (χ2n) is 9.40. The van der Waals surface area contributed by atoms with E-state index in [4.69, 9.17) is 42.1 Å². The first-order valence-electron chi connectivity index (χ1n) is 15.1. The van der Waals surface area contributed by atoms with Crippen molar-refractivity contribution in [2.75, 3.05) is 112 Å². The lowest BCUT2D eigenvalue weighted by atomic mass is 10.2. The van der Waals surface area contributed by atoms with E-state index < -0.39 is 10.1 Å². The van der Waals surface area contributed by atoms with E-state index in [0.29, 0.717) is 92.5 Å². The van der Waals surface area contributed by atoms with Crippen LogP contribution in [0.2, 0.25) is 0 Å². The summed E-state index contributed by atoms with van der Waals surface area (Å²) in [5, 5.41) is 0. The van der Waals surface area contributed by atoms with Gasteiger partial charge < -0.3 is 37.9 Å². The number of ether oxygens (including phenoxy) is 8. The van der Waals surface area contributed by atoms with Crippen molar-refractivity contribution in [2.45, 2.75) is 50.8 Å². The predicted molar refractivity (Wildman–Crippen MR) is 160 cm³/mol. The maximum absolute atomic E-state index is 12.1. The van der Waals surface area contributed by atoms with Gasteiger partial charge in [0.05, 0.1) is 111 Å². The van der Waals surface area contributed by atoms with Crippen molar-refractivity contribution in [2.24, 2.45) is 0 Å². The van der Waals surface area contributed by atoms with Crippen molar-refractivity contribution in [3.8, 4) is 0 Å². The third-order valence-electron chi connectivity index (χ3n) is 5.77. The molecule has 0 saturated heterocycles. The summed E-state index contributed by atoms with van der Waals surface area (Å²) < 4.78 is 72.7. The van der Waals surface area contributed by atoms with Crippen LogP contribution in [-0.4, -0.2) is 121 Å². The molecule has 0 amide bonds. The van der Waals surface area contributed by atoms with Crippen LogP contribution in [0.25, 0.3) is 0 Å². The van der Waals surface area contributed by atoms with Crippen LogP contribution in [0, 0.1) is 6.92 Å². The van der Waals surface area contributed by atoms with Gasteiger partial charge in [0.1, 0.15) is 0 Å². The van der Waals surface area contributed by atoms with Crippen LogP contribution in [0.5, 0.6) is 0 Å². The van der Waals surface area contributed by atoms with Crippen LogP contribution >= 0.6 is 0 Å². The molecule has 0 saturated carbocycles. The van der Waals surface area contributed by atoms with Crippen molar-refractivity contribution in [3.05, 3.63) is 29.8 Å². The maximum atomic E-state index is 12.1. The fourth-order valence-electron chi connectivity index (χ4n) is 3.42. The van der Waals surface area contributed by atoms with E-state index in [1.807, 2.05) is 6.92 Å². The number of benzene rings is 1. The maximum Gasteiger partial charge on any atom is 0.297 e. The number of rotatable bonds is 32. The van der Waals surface area contributed by atoms with Gasteiger partial charge in [0.15, 0.2) is 0 Å². The molecule has 0 fully saturated rings. The number of aryl methyl sites for hydroxylation is 1. The van der Waals surface area contributed by atoms with Crippen LogP contribution in [0.1, 0.15) is 44.6 Å². The molecule has 0 aromatic heterocycles. The van der Waals surface area contributed by atoms with Crippen LogP contribution in [0.15, 0.2) is 29.2 Å². The highest BCUT2D eigenvalue weighted by molar-refractivity contribution is 7.86. The average molecular weight is 623 g/mol. The van der Waals surface area contributed by atoms with Crippen molar-refractivity contribution in [1.82, 2.24) is 0 Å². The lowest BCUT2D eigenvalue weighted by Gasteiger charge is -2.09. The largest absolute Gasteiger partial charge is 0.379 e. The van der Waals surface area contributed by atoms with Gasteiger partial charge in [-0.3, -0.25) is 4.18 Å². The summed E-state index contributed by atoms with van der Waals surface area (Å²) in [5.41, 5.74) is 0.980. The molecule has 1 rings (SSSR count). The Morgan fingerprint density at radius 2 is 0.786 bits per heavy atom. The van der Waals surface area contributed by atoms with Gasteiger partial charge in [0, 0.05) is 6.61 Å². The normalized spacial score (nSPS) is 11.9. The van der Waals surface area contributed by atoms with Gasteiger partial charge in [-0.05, 0) is 25.5 Å². The summed E-state index contributed by atoms with van der Waals surface area (Å²) in [4.78, 5) is 0.133. The molecule has 0 aliphatic rings. The molecule has 0 bridgehead atoms. The first kappa shape index (κ1) is 38.8. The second-order valence-corrected chi connectivity index (χ2v) is 11.0. The third kappa shape index (κ3) is 24.3. The van der Waals surface area contributed by atoms with E-state index in [2.05, 4.69) is 6.92 Å². The Hall–Kier alpha value is -1.19. The minimum absolute atomic E-state index is 0.0520. The van der Waals surface area contributed by atoms with Crippen LogP contribution in [0.3, 0.4) is 0 Å². The molecule has 0 atom stereocenters. The minimum Gasteiger partial charge on any atom is -0.379 e. The van der Waals surface area contributed by atoms with Gasteiger partial charge in [-0.1, -0.05) is 50.3 Å². The first-order chi connectivity index (χ1) is 20.6. The standard InChI is InChI=1S/C30H54O11S/c1-3-4-5-6-7-12-33-13-14-34-15-16-35-17-18-36-19-20-37-21-22-38-23-24-39-25-26-40-27-28-41-42(31,32)30-10-8-29(2)9-11-30/h8-11H,3-7,12-28H2,1-2H3. The number of unbranched alkanes of at least 4 members (excludes halogenated alkanes) is 4. The van der Waals surface area contributed by atoms with Crippen molar-refractivity contribution in [3.63, 3.8) is 0 Å². The highest BCUT2D eigenvalue weighted by atomic mass is 32.2. The van der Waals surface area contributed by atoms with Gasteiger partial charge in [-0.15, -0.1) is 0 Å². The molecular weight excluding hydrogens is 568 g/mol. The zero-order chi connectivity index (χ0) is 30.4. The van der Waals surface area contributed by atoms with Crippen LogP contribution < -0.4 is 0 Å². The Morgan fingerprint density at radius 3 is 1.17 bits per heavy atom. The lowest BCUT2D eigenvalue weighted by molar-refractivity contribution is -0.0236. The molecule has 11 nitrogen and oxygen atoms in total. The Labute approximate surface area is 253 Å². The Morgan fingerprint density at radius 1 is 0.452 bits per heavy atom. The molecule has 12 heteroatoms. The first-order valence-corrected chi connectivity index (χ1v) is 16.5. The predicted octanol–water partition coefficient (Wildman–Crippen LogP) is 3.80. The average Bonchev–Trinajstić information content (AvgIpc) is 2.98. The smallest absolute Gasteiger partial charge is 0.297 e. The summed E-state index contributed by atoms with van der Waals surface area (Å²) in [7, 11) is -3.76. The van der Waals surface area contributed by atoms with E-state index in [1.165, 1.54) is 37.8 Å². The van der Waals surface area contributed by atoms with Crippen LogP contribution in [0.4, 0.5) is 0 Å². The van der Waals surface area contributed by atoms with E-state index >= 15 is 0 Å². The highest BCUT2D eigenvalue weighted by Crippen LogP contribution is 2.12. The molecule has 1 aromatic rings. The van der Waals surface area contributed by atoms with Gasteiger partial charge in [-0.2, -0.15) is 8.42 Å². The Kier molecular flexibility index (Phi) is 26.4. The zero-order valence-corrected chi connectivity index (χ0v) is 26.6. The van der Waals surface area contributed by atoms with Gasteiger partial charge >= 0.3 is 0 Å². The summed E-state index contributed by atoms with van der Waals surface area (Å²) in [6.45, 7) is 12.0. The molecule has 42 heavy (non-hydrogen) atoms. The zero-order valence-electron chi connectivity index (χ0n) is 25.8. The van der Waals surface area contributed by atoms with Gasteiger partial charge in [0.2, 0.25) is 0 Å². The minimum atomic E-state index is -3.76. The molecular formula is C30H54O11S. The van der Waals surface area contributed by atoms with E-state index in [1.54, 1.807) is 12.1 Å². The summed E-state index contributed by atoms with van der Waals surface area (Å²) in [6, 6.07) is 6.50. The quantitative estimate of drug-likeness (QED) is 0.0863. The number of hydrogen-bond acceptors (Lipinski definition) is 11. The summed E-state index contributed by atoms with van der Waals surface area (Å²) in [5.74, 6) is 0. The Balaban J connectivity index is 1.70. The van der Waals surface area contributed by atoms with E-state index in [0.717, 1.165) is 18.6 Å². The lowest BCUT2D eigenvalue weighted by Crippen LogP contribution is -2.15. The molecule has 0 heterocycles. The Bertz CT molecular complexity index is 806. The molecule has 0 spiro atoms. The molecule has 1 aromatic carbocycles. The topological polar surface area (TPSA) is 117 Å². The molecule has 0 radical (unpaired) electrons. The second kappa shape index (κ2) is 28.6. The fraction of sp³-hybridized carbons (Fsp3) is 0.800. The summed E-state index contributed by atoms with van der Waals surface area (Å²) >= 11 is 0. The van der Waals surface area contributed by atoms with Crippen molar-refractivity contribution >= 4 is 10.1 Å². The van der Waals surface area contributed by atoms with E-state index in [9.17, 15) is 8.42 Å². The molecule has 0 aliphatic carbocycles. The van der Waals surface area contributed by atoms with Crippen molar-refractivity contribution in [1.29, 1.82) is 0 Å². The molecule has 246 valence electrons. The monoisotopic (exact) mass is 622 g/mol. The highest BCUT2D eigenvalue weighted by Gasteiger charge is 2.14. The van der Waals surface area contributed by atoms with Gasteiger partial charge in [-0.25, -0.2) is 0 Å². The number of hydrogen-bond donors (Lipinski definition) is 0. The summed E-state index contributed by atoms with van der Waals surface area (Å²) in [6.07, 6.45) is 6.24. The SMILES string of the molecule is CCCCCCCOCCOCCOCCOCCOCCOCCOCCOCCOS(=O)(=O)c1ccc(C)cc1.